The lowest BCUT2D eigenvalue weighted by Crippen LogP contribution is -2.06. The summed E-state index contributed by atoms with van der Waals surface area (Å²) in [6.07, 6.45) is 5.21. The predicted octanol–water partition coefficient (Wildman–Crippen LogP) is 2.42. The third-order valence-electron chi connectivity index (χ3n) is 3.90. The first kappa shape index (κ1) is 16.1. The van der Waals surface area contributed by atoms with Crippen molar-refractivity contribution >= 4 is 22.9 Å². The minimum absolute atomic E-state index is 0.476. The number of aromatic nitrogens is 8. The average molecular weight is 349 g/mol. The van der Waals surface area contributed by atoms with Gasteiger partial charge in [-0.15, -0.1) is 5.10 Å². The number of nitrogens with zero attached hydrogens (tertiary/aromatic N) is 8. The molecule has 0 fully saturated rings. The first-order valence-corrected chi connectivity index (χ1v) is 8.38. The van der Waals surface area contributed by atoms with Crippen LogP contribution in [0.15, 0.2) is 36.8 Å². The second-order valence-corrected chi connectivity index (χ2v) is 6.46. The van der Waals surface area contributed by atoms with E-state index in [1.807, 2.05) is 29.9 Å². The van der Waals surface area contributed by atoms with Crippen LogP contribution in [-0.2, 0) is 13.6 Å². The second-order valence-electron chi connectivity index (χ2n) is 6.46. The number of hydrogen-bond donors (Lipinski definition) is 1. The molecule has 26 heavy (non-hydrogen) atoms. The van der Waals surface area contributed by atoms with Crippen molar-refractivity contribution in [3.63, 3.8) is 0 Å². The molecule has 4 aromatic heterocycles. The lowest BCUT2D eigenvalue weighted by Gasteiger charge is -2.07. The standard InChI is InChI=1S/C17H19N9/c1-11(2)10-26-16-14(23-24-26)8-12(9-19-16)13-4-6-18-17(21-13)22-15-5-7-20-25(15)3/h4-9,11H,10H2,1-3H3,(H,18,21,22). The lowest BCUT2D eigenvalue weighted by molar-refractivity contribution is 0.480. The monoisotopic (exact) mass is 349 g/mol. The van der Waals surface area contributed by atoms with E-state index in [1.165, 1.54) is 0 Å². The number of rotatable bonds is 5. The predicted molar refractivity (Wildman–Crippen MR) is 97.7 cm³/mol. The summed E-state index contributed by atoms with van der Waals surface area (Å²) in [5.74, 6) is 1.78. The second kappa shape index (κ2) is 6.51. The van der Waals surface area contributed by atoms with Crippen LogP contribution in [-0.4, -0.2) is 39.7 Å². The molecule has 0 saturated heterocycles. The number of anilines is 2. The molecule has 0 atom stereocenters. The van der Waals surface area contributed by atoms with Crippen LogP contribution in [0.1, 0.15) is 13.8 Å². The topological polar surface area (TPSA) is 99.2 Å². The Hall–Kier alpha value is -3.36. The lowest BCUT2D eigenvalue weighted by atomic mass is 10.2. The Labute approximate surface area is 150 Å². The summed E-state index contributed by atoms with van der Waals surface area (Å²) in [7, 11) is 1.85. The van der Waals surface area contributed by atoms with Crippen LogP contribution in [0.5, 0.6) is 0 Å². The molecule has 1 N–H and O–H groups in total. The highest BCUT2D eigenvalue weighted by molar-refractivity contribution is 5.76. The summed E-state index contributed by atoms with van der Waals surface area (Å²) < 4.78 is 3.55. The molecule has 4 rings (SSSR count). The van der Waals surface area contributed by atoms with Crippen molar-refractivity contribution in [3.05, 3.63) is 36.8 Å². The van der Waals surface area contributed by atoms with E-state index in [0.29, 0.717) is 11.9 Å². The molecular formula is C17H19N9. The smallest absolute Gasteiger partial charge is 0.228 e. The fourth-order valence-electron chi connectivity index (χ4n) is 2.66. The maximum absolute atomic E-state index is 4.56. The Morgan fingerprint density at radius 1 is 1.15 bits per heavy atom. The van der Waals surface area contributed by atoms with E-state index in [0.717, 1.165) is 34.8 Å². The van der Waals surface area contributed by atoms with Gasteiger partial charge in [0, 0.05) is 37.6 Å². The highest BCUT2D eigenvalue weighted by Gasteiger charge is 2.11. The van der Waals surface area contributed by atoms with Crippen molar-refractivity contribution in [3.8, 4) is 11.3 Å². The Bertz CT molecular complexity index is 1050. The van der Waals surface area contributed by atoms with Crippen LogP contribution in [0.25, 0.3) is 22.4 Å². The van der Waals surface area contributed by atoms with Crippen LogP contribution in [0.3, 0.4) is 0 Å². The van der Waals surface area contributed by atoms with Gasteiger partial charge in [-0.1, -0.05) is 19.1 Å². The Balaban J connectivity index is 1.65. The molecule has 0 unspecified atom stereocenters. The Morgan fingerprint density at radius 3 is 2.81 bits per heavy atom. The largest absolute Gasteiger partial charge is 0.309 e. The van der Waals surface area contributed by atoms with Crippen molar-refractivity contribution in [2.45, 2.75) is 20.4 Å². The van der Waals surface area contributed by atoms with E-state index in [4.69, 9.17) is 0 Å². The minimum Gasteiger partial charge on any atom is -0.309 e. The minimum atomic E-state index is 0.476. The van der Waals surface area contributed by atoms with Gasteiger partial charge in [0.25, 0.3) is 0 Å². The van der Waals surface area contributed by atoms with Crippen LogP contribution in [0.2, 0.25) is 0 Å². The Morgan fingerprint density at radius 2 is 2.04 bits per heavy atom. The molecule has 4 heterocycles. The number of hydrogen-bond acceptors (Lipinski definition) is 7. The highest BCUT2D eigenvalue weighted by Crippen LogP contribution is 2.21. The van der Waals surface area contributed by atoms with Gasteiger partial charge >= 0.3 is 0 Å². The number of pyridine rings is 1. The molecule has 132 valence electrons. The summed E-state index contributed by atoms with van der Waals surface area (Å²) in [4.78, 5) is 13.4. The van der Waals surface area contributed by atoms with Crippen LogP contribution >= 0.6 is 0 Å². The molecule has 9 nitrogen and oxygen atoms in total. The van der Waals surface area contributed by atoms with Gasteiger partial charge in [-0.25, -0.2) is 19.6 Å². The summed E-state index contributed by atoms with van der Waals surface area (Å²) in [5, 5.41) is 15.7. The Kier molecular flexibility index (Phi) is 4.04. The number of aryl methyl sites for hydroxylation is 1. The molecule has 0 saturated carbocycles. The molecule has 0 amide bonds. The van der Waals surface area contributed by atoms with Crippen molar-refractivity contribution < 1.29 is 0 Å². The van der Waals surface area contributed by atoms with E-state index in [9.17, 15) is 0 Å². The number of nitrogens with one attached hydrogen (secondary N) is 1. The van der Waals surface area contributed by atoms with Gasteiger partial charge in [0.1, 0.15) is 11.3 Å². The fraction of sp³-hybridized carbons (Fsp3) is 0.294. The van der Waals surface area contributed by atoms with Gasteiger partial charge < -0.3 is 5.32 Å². The first-order valence-electron chi connectivity index (χ1n) is 8.38. The van der Waals surface area contributed by atoms with E-state index >= 15 is 0 Å². The van der Waals surface area contributed by atoms with E-state index in [1.54, 1.807) is 23.3 Å². The molecule has 9 heteroatoms. The third kappa shape index (κ3) is 3.10. The molecular weight excluding hydrogens is 330 g/mol. The average Bonchev–Trinajstić information content (AvgIpc) is 3.21. The normalized spacial score (nSPS) is 11.4. The van der Waals surface area contributed by atoms with Crippen molar-refractivity contribution in [2.24, 2.45) is 13.0 Å². The van der Waals surface area contributed by atoms with Gasteiger partial charge in [0.05, 0.1) is 11.9 Å². The van der Waals surface area contributed by atoms with Crippen molar-refractivity contribution in [2.75, 3.05) is 5.32 Å². The molecule has 0 aliphatic carbocycles. The fourth-order valence-corrected chi connectivity index (χ4v) is 2.66. The number of fused-ring (bicyclic) bond motifs is 1. The molecule has 0 bridgehead atoms. The zero-order valence-corrected chi connectivity index (χ0v) is 14.8. The quantitative estimate of drug-likeness (QED) is 0.590. The summed E-state index contributed by atoms with van der Waals surface area (Å²) in [6, 6.07) is 5.65. The van der Waals surface area contributed by atoms with Gasteiger partial charge in [0.15, 0.2) is 5.65 Å². The van der Waals surface area contributed by atoms with Crippen LogP contribution in [0.4, 0.5) is 11.8 Å². The van der Waals surface area contributed by atoms with Crippen LogP contribution < -0.4 is 5.32 Å². The van der Waals surface area contributed by atoms with Crippen molar-refractivity contribution in [1.82, 2.24) is 39.7 Å². The SMILES string of the molecule is CC(C)Cn1nnc2cc(-c3ccnc(Nc4ccnn4C)n3)cnc21. The van der Waals surface area contributed by atoms with E-state index in [-0.39, 0.29) is 0 Å². The van der Waals surface area contributed by atoms with Gasteiger partial charge in [-0.2, -0.15) is 5.10 Å². The maximum Gasteiger partial charge on any atom is 0.228 e. The van der Waals surface area contributed by atoms with E-state index < -0.39 is 0 Å². The molecule has 0 spiro atoms. The molecule has 0 aliphatic heterocycles. The van der Waals surface area contributed by atoms with Crippen LogP contribution in [0, 0.1) is 5.92 Å². The zero-order chi connectivity index (χ0) is 18.1. The van der Waals surface area contributed by atoms with Gasteiger partial charge in [-0.3, -0.25) is 4.68 Å². The highest BCUT2D eigenvalue weighted by atomic mass is 15.4. The summed E-state index contributed by atoms with van der Waals surface area (Å²) in [5.41, 5.74) is 3.16. The van der Waals surface area contributed by atoms with Gasteiger partial charge in [0.2, 0.25) is 5.95 Å². The molecule has 0 aromatic carbocycles. The maximum atomic E-state index is 4.56. The van der Waals surface area contributed by atoms with Crippen molar-refractivity contribution in [1.29, 1.82) is 0 Å². The zero-order valence-electron chi connectivity index (χ0n) is 14.8. The molecule has 0 aliphatic rings. The molecule has 4 aromatic rings. The summed E-state index contributed by atoms with van der Waals surface area (Å²) >= 11 is 0. The third-order valence-corrected chi connectivity index (χ3v) is 3.90. The van der Waals surface area contributed by atoms with Gasteiger partial charge in [-0.05, 0) is 18.1 Å². The van der Waals surface area contributed by atoms with E-state index in [2.05, 4.69) is 49.5 Å². The molecule has 0 radical (unpaired) electrons. The first-order chi connectivity index (χ1) is 12.6. The summed E-state index contributed by atoms with van der Waals surface area (Å²) in [6.45, 7) is 5.06.